The fraction of sp³-hybridized carbons (Fsp3) is 0.167. The third-order valence-electron chi connectivity index (χ3n) is 4.31. The number of pyridine rings is 1. The van der Waals surface area contributed by atoms with Gasteiger partial charge in [-0.1, -0.05) is 0 Å². The van der Waals surface area contributed by atoms with Gasteiger partial charge in [0.05, 0.1) is 22.8 Å². The highest BCUT2D eigenvalue weighted by Crippen LogP contribution is 2.23. The number of fused-ring (bicyclic) bond motifs is 1. The predicted octanol–water partition coefficient (Wildman–Crippen LogP) is 2.37. The molecule has 1 aliphatic carbocycles. The minimum absolute atomic E-state index is 0.00426. The van der Waals surface area contributed by atoms with E-state index in [0.717, 1.165) is 12.8 Å². The van der Waals surface area contributed by atoms with Crippen molar-refractivity contribution in [1.82, 2.24) is 24.6 Å². The van der Waals surface area contributed by atoms with Gasteiger partial charge < -0.3 is 10.1 Å². The fourth-order valence-corrected chi connectivity index (χ4v) is 3.88. The van der Waals surface area contributed by atoms with E-state index in [1.54, 1.807) is 28.9 Å². The molecule has 0 radical (unpaired) electrons. The largest absolute Gasteiger partial charge is 0.494 e. The maximum atomic E-state index is 13.6. The number of halogens is 1. The summed E-state index contributed by atoms with van der Waals surface area (Å²) in [6.07, 6.45) is 6.92. The first-order valence-corrected chi connectivity index (χ1v) is 9.78. The lowest BCUT2D eigenvalue weighted by Crippen LogP contribution is -2.19. The molecule has 0 unspecified atom stereocenters. The number of aromatic hydroxyl groups is 1. The van der Waals surface area contributed by atoms with E-state index < -0.39 is 5.95 Å². The molecule has 1 fully saturated rings. The SMILES string of the molecule is Oc1[nH]c(=S)sc1/C=c1\cnn2c(=NC3CC3)cc(-c3ccnc(F)c3)nc12. The van der Waals surface area contributed by atoms with Crippen LogP contribution in [0.2, 0.25) is 0 Å². The van der Waals surface area contributed by atoms with Crippen molar-refractivity contribution < 1.29 is 9.50 Å². The summed E-state index contributed by atoms with van der Waals surface area (Å²) in [6.45, 7) is 0. The summed E-state index contributed by atoms with van der Waals surface area (Å²) >= 11 is 6.33. The number of aromatic amines is 1. The maximum Gasteiger partial charge on any atom is 0.213 e. The zero-order valence-electron chi connectivity index (χ0n) is 14.3. The lowest BCUT2D eigenvalue weighted by atomic mass is 10.2. The molecule has 0 spiro atoms. The number of hydrogen-bond acceptors (Lipinski definition) is 7. The molecule has 5 rings (SSSR count). The number of aromatic nitrogens is 5. The molecule has 1 saturated carbocycles. The van der Waals surface area contributed by atoms with E-state index in [9.17, 15) is 9.50 Å². The number of thiazole rings is 1. The Morgan fingerprint density at radius 1 is 1.39 bits per heavy atom. The zero-order chi connectivity index (χ0) is 19.3. The lowest BCUT2D eigenvalue weighted by Gasteiger charge is -2.03. The monoisotopic (exact) mass is 412 g/mol. The van der Waals surface area contributed by atoms with Crippen molar-refractivity contribution in [1.29, 1.82) is 0 Å². The molecule has 140 valence electrons. The number of hydrogen-bond donors (Lipinski definition) is 2. The van der Waals surface area contributed by atoms with E-state index >= 15 is 0 Å². The van der Waals surface area contributed by atoms with Crippen molar-refractivity contribution in [2.45, 2.75) is 18.9 Å². The quantitative estimate of drug-likeness (QED) is 0.398. The molecular weight excluding hydrogens is 399 g/mol. The molecule has 7 nitrogen and oxygen atoms in total. The topological polar surface area (TPSA) is 91.5 Å². The first-order valence-electron chi connectivity index (χ1n) is 8.55. The Kier molecular flexibility index (Phi) is 4.02. The number of nitrogens with zero attached hydrogens (tertiary/aromatic N) is 5. The Labute approximate surface area is 166 Å². The average molecular weight is 412 g/mol. The van der Waals surface area contributed by atoms with Crippen LogP contribution in [0.1, 0.15) is 17.7 Å². The summed E-state index contributed by atoms with van der Waals surface area (Å²) in [5.74, 6) is -0.568. The van der Waals surface area contributed by atoms with Crippen molar-refractivity contribution in [3.05, 3.63) is 56.1 Å². The van der Waals surface area contributed by atoms with Gasteiger partial charge in [0.1, 0.15) is 0 Å². The molecule has 0 saturated heterocycles. The second-order valence-electron chi connectivity index (χ2n) is 6.43. The van der Waals surface area contributed by atoms with Crippen molar-refractivity contribution in [3.63, 3.8) is 0 Å². The molecular formula is C18H13FN6OS2. The lowest BCUT2D eigenvalue weighted by molar-refractivity contribution is 0.456. The Bertz CT molecular complexity index is 1390. The van der Waals surface area contributed by atoms with Gasteiger partial charge in [0, 0.05) is 29.1 Å². The number of rotatable bonds is 3. The molecule has 4 aromatic heterocycles. The summed E-state index contributed by atoms with van der Waals surface area (Å²) in [5, 5.41) is 15.1. The molecule has 4 heterocycles. The van der Waals surface area contributed by atoms with Crippen LogP contribution in [0.5, 0.6) is 5.88 Å². The second kappa shape index (κ2) is 6.57. The van der Waals surface area contributed by atoms with Gasteiger partial charge in [-0.25, -0.2) is 9.97 Å². The summed E-state index contributed by atoms with van der Waals surface area (Å²) < 4.78 is 15.8. The smallest absolute Gasteiger partial charge is 0.213 e. The Balaban J connectivity index is 1.79. The molecule has 0 aromatic carbocycles. The number of nitrogens with one attached hydrogen (secondary N) is 1. The summed E-state index contributed by atoms with van der Waals surface area (Å²) in [7, 11) is 0. The van der Waals surface area contributed by atoms with Crippen molar-refractivity contribution in [2.75, 3.05) is 0 Å². The zero-order valence-corrected chi connectivity index (χ0v) is 16.0. The molecule has 28 heavy (non-hydrogen) atoms. The van der Waals surface area contributed by atoms with Crippen LogP contribution >= 0.6 is 23.6 Å². The van der Waals surface area contributed by atoms with E-state index in [4.69, 9.17) is 17.2 Å². The van der Waals surface area contributed by atoms with Crippen LogP contribution in [0.15, 0.2) is 35.6 Å². The van der Waals surface area contributed by atoms with E-state index in [-0.39, 0.29) is 11.9 Å². The maximum absolute atomic E-state index is 13.6. The van der Waals surface area contributed by atoms with Crippen molar-refractivity contribution >= 4 is 35.3 Å². The Morgan fingerprint density at radius 3 is 2.96 bits per heavy atom. The van der Waals surface area contributed by atoms with Gasteiger partial charge >= 0.3 is 0 Å². The summed E-state index contributed by atoms with van der Waals surface area (Å²) in [5.41, 5.74) is 2.40. The van der Waals surface area contributed by atoms with Crippen LogP contribution in [0.3, 0.4) is 0 Å². The molecule has 10 heteroatoms. The van der Waals surface area contributed by atoms with Crippen LogP contribution in [0.4, 0.5) is 4.39 Å². The highest BCUT2D eigenvalue weighted by molar-refractivity contribution is 7.73. The second-order valence-corrected chi connectivity index (χ2v) is 8.15. The predicted molar refractivity (Wildman–Crippen MR) is 105 cm³/mol. The van der Waals surface area contributed by atoms with Crippen LogP contribution in [-0.4, -0.2) is 35.7 Å². The standard InChI is InChI=1S/C18H13FN6OS2/c19-14-6-9(3-4-20-14)12-7-15(22-11-1-2-11)25-16(23-12)10(8-21-25)5-13-17(26)24-18(27)28-13/h3-8,11,26H,1-2H2,(H,24,27)/b10-5+,22-15?. The van der Waals surface area contributed by atoms with Gasteiger partial charge in [-0.3, -0.25) is 4.99 Å². The van der Waals surface area contributed by atoms with E-state index in [1.807, 2.05) is 0 Å². The van der Waals surface area contributed by atoms with Gasteiger partial charge in [0.25, 0.3) is 0 Å². The molecule has 4 aromatic rings. The van der Waals surface area contributed by atoms with Gasteiger partial charge in [0.15, 0.2) is 15.1 Å². The molecule has 1 aliphatic rings. The normalized spacial score (nSPS) is 15.6. The van der Waals surface area contributed by atoms with Crippen molar-refractivity contribution in [3.8, 4) is 17.1 Å². The highest BCUT2D eigenvalue weighted by Gasteiger charge is 2.20. The summed E-state index contributed by atoms with van der Waals surface area (Å²) in [6, 6.07) is 5.12. The Morgan fingerprint density at radius 2 is 2.25 bits per heavy atom. The fourth-order valence-electron chi connectivity index (χ4n) is 2.83. The minimum Gasteiger partial charge on any atom is -0.494 e. The number of H-pyrrole nitrogens is 1. The average Bonchev–Trinajstić information content (AvgIpc) is 3.30. The van der Waals surface area contributed by atoms with Crippen LogP contribution in [-0.2, 0) is 0 Å². The highest BCUT2D eigenvalue weighted by atomic mass is 32.1. The first kappa shape index (κ1) is 17.1. The van der Waals surface area contributed by atoms with Gasteiger partial charge in [0.2, 0.25) is 11.8 Å². The minimum atomic E-state index is -0.572. The molecule has 0 bridgehead atoms. The van der Waals surface area contributed by atoms with E-state index in [0.29, 0.717) is 36.4 Å². The molecule has 2 N–H and O–H groups in total. The van der Waals surface area contributed by atoms with Gasteiger partial charge in [-0.15, -0.1) is 11.3 Å². The van der Waals surface area contributed by atoms with Gasteiger partial charge in [-0.2, -0.15) is 14.0 Å². The third kappa shape index (κ3) is 3.20. The Hall–Kier alpha value is -2.98. The molecule has 0 aliphatic heterocycles. The molecule has 0 atom stereocenters. The summed E-state index contributed by atoms with van der Waals surface area (Å²) in [4.78, 5) is 16.3. The van der Waals surface area contributed by atoms with Gasteiger partial charge in [-0.05, 0) is 37.2 Å². The van der Waals surface area contributed by atoms with E-state index in [1.165, 1.54) is 23.6 Å². The van der Waals surface area contributed by atoms with E-state index in [2.05, 4.69) is 20.1 Å². The van der Waals surface area contributed by atoms with Crippen molar-refractivity contribution in [2.24, 2.45) is 4.99 Å². The van der Waals surface area contributed by atoms with Crippen LogP contribution < -0.4 is 10.7 Å². The van der Waals surface area contributed by atoms with Crippen LogP contribution in [0.25, 0.3) is 23.0 Å². The van der Waals surface area contributed by atoms with Crippen LogP contribution in [0, 0.1) is 9.90 Å². The first-order chi connectivity index (χ1) is 13.6. The molecule has 0 amide bonds. The third-order valence-corrected chi connectivity index (χ3v) is 5.48.